The Hall–Kier alpha value is -6.47. The molecule has 0 N–H and O–H groups in total. The Labute approximate surface area is 332 Å². The van der Waals surface area contributed by atoms with Crippen LogP contribution in [0.2, 0.25) is 0 Å². The molecule has 0 atom stereocenters. The zero-order chi connectivity index (χ0) is 39.6. The van der Waals surface area contributed by atoms with Crippen molar-refractivity contribution in [2.24, 2.45) is 0 Å². The Balaban J connectivity index is 1.24. The van der Waals surface area contributed by atoms with Crippen molar-refractivity contribution in [3.63, 3.8) is 0 Å². The average Bonchev–Trinajstić information content (AvgIpc) is 3.73. The van der Waals surface area contributed by atoms with E-state index in [2.05, 4.69) is 124 Å². The maximum absolute atomic E-state index is 15.4. The predicted octanol–water partition coefficient (Wildman–Crippen LogP) is 13.8. The minimum Gasteiger partial charge on any atom is -0.457 e. The van der Waals surface area contributed by atoms with Crippen LogP contribution in [0.25, 0.3) is 38.8 Å². The molecule has 6 aromatic carbocycles. The number of ether oxygens (including phenoxy) is 1. The number of pyridine rings is 1. The van der Waals surface area contributed by atoms with Crippen molar-refractivity contribution in [3.05, 3.63) is 168 Å². The first-order valence-electron chi connectivity index (χ1n) is 19.4. The number of anilines is 4. The molecule has 5 nitrogen and oxygen atoms in total. The van der Waals surface area contributed by atoms with Crippen molar-refractivity contribution in [1.29, 1.82) is 0 Å². The van der Waals surface area contributed by atoms with Crippen LogP contribution in [0.5, 0.6) is 11.5 Å². The molecule has 0 saturated heterocycles. The molecule has 0 fully saturated rings. The lowest BCUT2D eigenvalue weighted by Gasteiger charge is -2.31. The number of halogens is 2. The van der Waals surface area contributed by atoms with Gasteiger partial charge >= 0.3 is 0 Å². The molecule has 1 aliphatic heterocycles. The van der Waals surface area contributed by atoms with Gasteiger partial charge in [-0.15, -0.1) is 0 Å². The molecule has 3 heterocycles. The number of benzene rings is 6. The standard InChI is InChI=1S/C50H44F2N4O/c1-49(2,3)39-15-13-16-40(50(4,5)6)48(39)32-26-34(54-31-55(45-19-10-9-18-44(45)54)43-24-21-33(51)28-41(43)52)29-36(27-32)57-35-22-23-38-37-14-7-8-17-42(37)56(46(38)30-35)47-20-11-12-25-53-47/h7-30H,31H2,1-6H3. The van der Waals surface area contributed by atoms with Crippen molar-refractivity contribution >= 4 is 44.6 Å². The van der Waals surface area contributed by atoms with Crippen LogP contribution in [0.3, 0.4) is 0 Å². The van der Waals surface area contributed by atoms with Gasteiger partial charge in [-0.2, -0.15) is 0 Å². The highest BCUT2D eigenvalue weighted by atomic mass is 19.1. The summed E-state index contributed by atoms with van der Waals surface area (Å²) in [5.41, 5.74) is 9.32. The summed E-state index contributed by atoms with van der Waals surface area (Å²) < 4.78 is 38.6. The van der Waals surface area contributed by atoms with E-state index in [1.165, 1.54) is 28.8 Å². The van der Waals surface area contributed by atoms with Crippen LogP contribution in [-0.2, 0) is 10.8 Å². The Morgan fingerprint density at radius 3 is 1.95 bits per heavy atom. The third-order valence-corrected chi connectivity index (χ3v) is 10.9. The first-order chi connectivity index (χ1) is 27.3. The fraction of sp³-hybridized carbons (Fsp3) is 0.180. The maximum Gasteiger partial charge on any atom is 0.149 e. The predicted molar refractivity (Wildman–Crippen MR) is 230 cm³/mol. The smallest absolute Gasteiger partial charge is 0.149 e. The summed E-state index contributed by atoms with van der Waals surface area (Å²) in [5.74, 6) is 0.948. The molecule has 0 amide bonds. The average molecular weight is 755 g/mol. The SMILES string of the molecule is CC(C)(C)c1cccc(C(C)(C)C)c1-c1cc(Oc2ccc3c4ccccc4n(-c4ccccn4)c3c2)cc(N2CN(c3ccc(F)cc3F)c3ccccc32)c1. The Morgan fingerprint density at radius 2 is 1.25 bits per heavy atom. The van der Waals surface area contributed by atoms with E-state index in [0.29, 0.717) is 23.9 Å². The van der Waals surface area contributed by atoms with Crippen molar-refractivity contribution < 1.29 is 13.5 Å². The van der Waals surface area contributed by atoms with Crippen LogP contribution >= 0.6 is 0 Å². The summed E-state index contributed by atoms with van der Waals surface area (Å²) >= 11 is 0. The van der Waals surface area contributed by atoms with Crippen LogP contribution in [0.15, 0.2) is 146 Å². The number of fused-ring (bicyclic) bond motifs is 4. The van der Waals surface area contributed by atoms with E-state index in [1.807, 2.05) is 59.6 Å². The van der Waals surface area contributed by atoms with Gasteiger partial charge in [-0.05, 0) is 99.8 Å². The molecular formula is C50H44F2N4O. The van der Waals surface area contributed by atoms with E-state index in [-0.39, 0.29) is 10.8 Å². The monoisotopic (exact) mass is 754 g/mol. The quantitative estimate of drug-likeness (QED) is 0.169. The Bertz CT molecular complexity index is 2780. The molecule has 284 valence electrons. The zero-order valence-corrected chi connectivity index (χ0v) is 33.0. The van der Waals surface area contributed by atoms with Gasteiger partial charge in [0.15, 0.2) is 0 Å². The van der Waals surface area contributed by atoms with Gasteiger partial charge in [0.25, 0.3) is 0 Å². The van der Waals surface area contributed by atoms with E-state index >= 15 is 4.39 Å². The summed E-state index contributed by atoms with van der Waals surface area (Å²) in [5, 5.41) is 2.24. The summed E-state index contributed by atoms with van der Waals surface area (Å²) in [6, 6.07) is 45.3. The van der Waals surface area contributed by atoms with Crippen molar-refractivity contribution in [2.45, 2.75) is 52.4 Å². The van der Waals surface area contributed by atoms with Crippen LogP contribution in [-0.4, -0.2) is 16.2 Å². The first kappa shape index (κ1) is 36.2. The lowest BCUT2D eigenvalue weighted by molar-refractivity contribution is 0.483. The lowest BCUT2D eigenvalue weighted by atomic mass is 9.74. The summed E-state index contributed by atoms with van der Waals surface area (Å²) in [6.45, 7) is 13.8. The van der Waals surface area contributed by atoms with Gasteiger partial charge in [0.1, 0.15) is 35.6 Å². The van der Waals surface area contributed by atoms with E-state index in [1.54, 1.807) is 0 Å². The molecule has 9 rings (SSSR count). The van der Waals surface area contributed by atoms with Gasteiger partial charge in [-0.3, -0.25) is 4.57 Å². The van der Waals surface area contributed by atoms with Gasteiger partial charge in [0, 0.05) is 40.9 Å². The van der Waals surface area contributed by atoms with Gasteiger partial charge in [0.05, 0.1) is 28.1 Å². The van der Waals surface area contributed by atoms with Crippen LogP contribution < -0.4 is 14.5 Å². The third kappa shape index (κ3) is 6.47. The van der Waals surface area contributed by atoms with Gasteiger partial charge < -0.3 is 14.5 Å². The highest BCUT2D eigenvalue weighted by Crippen LogP contribution is 2.48. The molecule has 2 aromatic heterocycles. The number of rotatable bonds is 6. The number of nitrogens with zero attached hydrogens (tertiary/aromatic N) is 4. The molecule has 0 unspecified atom stereocenters. The molecule has 0 saturated carbocycles. The Morgan fingerprint density at radius 1 is 0.561 bits per heavy atom. The molecule has 57 heavy (non-hydrogen) atoms. The van der Waals surface area contributed by atoms with Crippen molar-refractivity contribution in [3.8, 4) is 28.4 Å². The van der Waals surface area contributed by atoms with Gasteiger partial charge in [0.2, 0.25) is 0 Å². The zero-order valence-electron chi connectivity index (χ0n) is 33.0. The molecule has 0 aliphatic carbocycles. The first-order valence-corrected chi connectivity index (χ1v) is 19.4. The minimum atomic E-state index is -0.614. The van der Waals surface area contributed by atoms with Gasteiger partial charge in [-0.1, -0.05) is 96.1 Å². The molecule has 1 aliphatic rings. The van der Waals surface area contributed by atoms with Crippen molar-refractivity contribution in [2.75, 3.05) is 16.5 Å². The number of para-hydroxylation sites is 3. The molecule has 0 bridgehead atoms. The van der Waals surface area contributed by atoms with Gasteiger partial charge in [-0.25, -0.2) is 13.8 Å². The van der Waals surface area contributed by atoms with E-state index in [9.17, 15) is 4.39 Å². The second-order valence-electron chi connectivity index (χ2n) is 16.8. The third-order valence-electron chi connectivity index (χ3n) is 10.9. The second kappa shape index (κ2) is 13.6. The summed E-state index contributed by atoms with van der Waals surface area (Å²) in [6.07, 6.45) is 1.81. The maximum atomic E-state index is 15.4. The van der Waals surface area contributed by atoms with E-state index < -0.39 is 11.6 Å². The van der Waals surface area contributed by atoms with Crippen molar-refractivity contribution in [1.82, 2.24) is 9.55 Å². The fourth-order valence-corrected chi connectivity index (χ4v) is 8.28. The largest absolute Gasteiger partial charge is 0.457 e. The molecule has 0 radical (unpaired) electrons. The number of aromatic nitrogens is 2. The number of hydrogen-bond acceptors (Lipinski definition) is 4. The number of hydrogen-bond donors (Lipinski definition) is 0. The van der Waals surface area contributed by atoms with Crippen LogP contribution in [0, 0.1) is 11.6 Å². The highest BCUT2D eigenvalue weighted by molar-refractivity contribution is 6.09. The fourth-order valence-electron chi connectivity index (χ4n) is 8.28. The molecular weight excluding hydrogens is 711 g/mol. The van der Waals surface area contributed by atoms with E-state index in [0.717, 1.165) is 56.3 Å². The topological polar surface area (TPSA) is 33.5 Å². The molecule has 0 spiro atoms. The van der Waals surface area contributed by atoms with Crippen LogP contribution in [0.4, 0.5) is 31.5 Å². The second-order valence-corrected chi connectivity index (χ2v) is 16.8. The minimum absolute atomic E-state index is 0.158. The van der Waals surface area contributed by atoms with Crippen LogP contribution in [0.1, 0.15) is 52.7 Å². The summed E-state index contributed by atoms with van der Waals surface area (Å²) in [4.78, 5) is 8.79. The highest BCUT2D eigenvalue weighted by Gasteiger charge is 2.32. The molecule has 8 aromatic rings. The van der Waals surface area contributed by atoms with E-state index in [4.69, 9.17) is 9.72 Å². The Kier molecular flexibility index (Phi) is 8.65. The normalized spacial score (nSPS) is 13.1. The summed E-state index contributed by atoms with van der Waals surface area (Å²) in [7, 11) is 0. The molecule has 7 heteroatoms. The lowest BCUT2D eigenvalue weighted by Crippen LogP contribution is -2.25.